The smallest absolute Gasteiger partial charge is 0.254 e. The molecule has 1 aromatic carbocycles. The molecule has 0 bridgehead atoms. The minimum Gasteiger partial charge on any atom is -0.337 e. The van der Waals surface area contributed by atoms with E-state index in [9.17, 15) is 18.0 Å². The summed E-state index contributed by atoms with van der Waals surface area (Å²) in [5.41, 5.74) is -0.163. The summed E-state index contributed by atoms with van der Waals surface area (Å²) in [5.74, 6) is -4.72. The second kappa shape index (κ2) is 6.93. The van der Waals surface area contributed by atoms with Crippen molar-refractivity contribution >= 4 is 5.91 Å². The average molecular weight is 300 g/mol. The summed E-state index contributed by atoms with van der Waals surface area (Å²) >= 11 is 0. The number of hydrogen-bond acceptors (Lipinski definition) is 2. The van der Waals surface area contributed by atoms with E-state index < -0.39 is 23.4 Å². The average Bonchev–Trinajstić information content (AvgIpc) is 2.50. The Morgan fingerprint density at radius 1 is 1.29 bits per heavy atom. The Morgan fingerprint density at radius 2 is 1.95 bits per heavy atom. The van der Waals surface area contributed by atoms with E-state index in [1.54, 1.807) is 6.92 Å². The van der Waals surface area contributed by atoms with Gasteiger partial charge in [0.25, 0.3) is 5.91 Å². The molecule has 1 saturated heterocycles. The minimum atomic E-state index is -1.55. The molecule has 1 fully saturated rings. The molecular weight excluding hydrogens is 281 g/mol. The number of nitrogens with one attached hydrogen (secondary N) is 1. The maximum Gasteiger partial charge on any atom is 0.254 e. The van der Waals surface area contributed by atoms with Gasteiger partial charge in [-0.25, -0.2) is 13.2 Å². The van der Waals surface area contributed by atoms with Gasteiger partial charge in [0.05, 0.1) is 0 Å². The van der Waals surface area contributed by atoms with Crippen LogP contribution in [-0.4, -0.2) is 36.5 Å². The third-order valence-electron chi connectivity index (χ3n) is 3.75. The highest BCUT2D eigenvalue weighted by Crippen LogP contribution is 2.16. The van der Waals surface area contributed by atoms with E-state index in [1.807, 2.05) is 0 Å². The molecule has 1 aliphatic rings. The van der Waals surface area contributed by atoms with Gasteiger partial charge in [0.15, 0.2) is 17.5 Å². The third kappa shape index (κ3) is 3.75. The van der Waals surface area contributed by atoms with E-state index in [0.717, 1.165) is 37.9 Å². The summed E-state index contributed by atoms with van der Waals surface area (Å²) in [6, 6.07) is 1.69. The summed E-state index contributed by atoms with van der Waals surface area (Å²) < 4.78 is 39.4. The number of carbonyl (C=O) groups excluding carboxylic acids is 1. The fourth-order valence-corrected chi connectivity index (χ4v) is 2.56. The van der Waals surface area contributed by atoms with Gasteiger partial charge in [0.1, 0.15) is 0 Å². The molecule has 3 nitrogen and oxygen atoms in total. The number of likely N-dealkylation sites (N-methyl/N-ethyl adjacent to an activating group) is 1. The molecule has 1 heterocycles. The number of carbonyl (C=O) groups is 1. The largest absolute Gasteiger partial charge is 0.337 e. The van der Waals surface area contributed by atoms with Gasteiger partial charge in [-0.05, 0) is 38.4 Å². The van der Waals surface area contributed by atoms with Crippen molar-refractivity contribution in [3.05, 3.63) is 35.1 Å². The van der Waals surface area contributed by atoms with Gasteiger partial charge in [-0.2, -0.15) is 0 Å². The van der Waals surface area contributed by atoms with Crippen LogP contribution in [0.4, 0.5) is 13.2 Å². The van der Waals surface area contributed by atoms with E-state index in [2.05, 4.69) is 5.32 Å². The van der Waals surface area contributed by atoms with Gasteiger partial charge in [-0.15, -0.1) is 0 Å². The summed E-state index contributed by atoms with van der Waals surface area (Å²) in [7, 11) is 0. The van der Waals surface area contributed by atoms with Gasteiger partial charge >= 0.3 is 0 Å². The van der Waals surface area contributed by atoms with Gasteiger partial charge in [0, 0.05) is 24.7 Å². The fourth-order valence-electron chi connectivity index (χ4n) is 2.56. The lowest BCUT2D eigenvalue weighted by Crippen LogP contribution is -2.45. The Balaban J connectivity index is 2.12. The quantitative estimate of drug-likeness (QED) is 0.867. The summed E-state index contributed by atoms with van der Waals surface area (Å²) in [6.07, 6.45) is 3.18. The molecule has 0 radical (unpaired) electrons. The molecule has 1 N–H and O–H groups in total. The van der Waals surface area contributed by atoms with Crippen LogP contribution in [0.25, 0.3) is 0 Å². The number of benzene rings is 1. The zero-order valence-electron chi connectivity index (χ0n) is 12.0. The number of rotatable bonds is 4. The molecule has 0 spiro atoms. The van der Waals surface area contributed by atoms with Crippen LogP contribution in [0.15, 0.2) is 12.1 Å². The first-order chi connectivity index (χ1) is 10.0. The van der Waals surface area contributed by atoms with Crippen LogP contribution in [0.3, 0.4) is 0 Å². The van der Waals surface area contributed by atoms with Crippen molar-refractivity contribution in [3.63, 3.8) is 0 Å². The highest BCUT2D eigenvalue weighted by Gasteiger charge is 2.22. The van der Waals surface area contributed by atoms with Crippen molar-refractivity contribution in [1.29, 1.82) is 0 Å². The van der Waals surface area contributed by atoms with E-state index in [1.165, 1.54) is 4.90 Å². The van der Waals surface area contributed by atoms with Crippen LogP contribution in [0.1, 0.15) is 36.5 Å². The van der Waals surface area contributed by atoms with Crippen LogP contribution in [0, 0.1) is 17.5 Å². The number of nitrogens with zero attached hydrogens (tertiary/aromatic N) is 1. The molecule has 21 heavy (non-hydrogen) atoms. The SMILES string of the molecule is CCN(CC1CCCCN1)C(=O)c1cc(F)c(F)c(F)c1. The topological polar surface area (TPSA) is 32.3 Å². The normalized spacial score (nSPS) is 18.6. The predicted molar refractivity (Wildman–Crippen MR) is 73.5 cm³/mol. The van der Waals surface area contributed by atoms with Crippen LogP contribution in [0.5, 0.6) is 0 Å². The molecule has 0 aromatic heterocycles. The zero-order valence-corrected chi connectivity index (χ0v) is 12.0. The van der Waals surface area contributed by atoms with Crippen molar-refractivity contribution < 1.29 is 18.0 Å². The van der Waals surface area contributed by atoms with E-state index in [-0.39, 0.29) is 11.6 Å². The first-order valence-corrected chi connectivity index (χ1v) is 7.20. The molecule has 0 aliphatic carbocycles. The van der Waals surface area contributed by atoms with E-state index >= 15 is 0 Å². The molecule has 6 heteroatoms. The summed E-state index contributed by atoms with van der Waals surface area (Å²) in [6.45, 7) is 3.63. The van der Waals surface area contributed by atoms with Crippen molar-refractivity contribution in [2.75, 3.05) is 19.6 Å². The first-order valence-electron chi connectivity index (χ1n) is 7.20. The summed E-state index contributed by atoms with van der Waals surface area (Å²) in [5, 5.41) is 3.32. The number of piperidine rings is 1. The minimum absolute atomic E-state index is 0.163. The second-order valence-electron chi connectivity index (χ2n) is 5.24. The van der Waals surface area contributed by atoms with Gasteiger partial charge in [-0.3, -0.25) is 4.79 Å². The highest BCUT2D eigenvalue weighted by molar-refractivity contribution is 5.94. The van der Waals surface area contributed by atoms with Crippen LogP contribution in [0.2, 0.25) is 0 Å². The molecule has 1 amide bonds. The number of halogens is 3. The van der Waals surface area contributed by atoms with Gasteiger partial charge in [0.2, 0.25) is 0 Å². The van der Waals surface area contributed by atoms with Crippen LogP contribution in [-0.2, 0) is 0 Å². The van der Waals surface area contributed by atoms with Gasteiger partial charge < -0.3 is 10.2 Å². The van der Waals surface area contributed by atoms with Crippen molar-refractivity contribution in [2.45, 2.75) is 32.2 Å². The van der Waals surface area contributed by atoms with Crippen molar-refractivity contribution in [2.24, 2.45) is 0 Å². The standard InChI is InChI=1S/C15H19F3N2O/c1-2-20(9-11-5-3-4-6-19-11)15(21)10-7-12(16)14(18)13(17)8-10/h7-8,11,19H,2-6,9H2,1H3. The number of amides is 1. The van der Waals surface area contributed by atoms with Crippen molar-refractivity contribution in [3.8, 4) is 0 Å². The number of hydrogen-bond donors (Lipinski definition) is 1. The molecule has 0 saturated carbocycles. The molecular formula is C15H19F3N2O. The molecule has 1 aromatic rings. The van der Waals surface area contributed by atoms with E-state index in [4.69, 9.17) is 0 Å². The zero-order chi connectivity index (χ0) is 15.4. The predicted octanol–water partition coefficient (Wildman–Crippen LogP) is 2.71. The van der Waals surface area contributed by atoms with Gasteiger partial charge in [-0.1, -0.05) is 6.42 Å². The molecule has 116 valence electrons. The van der Waals surface area contributed by atoms with E-state index in [0.29, 0.717) is 13.1 Å². The molecule has 1 atom stereocenters. The first kappa shape index (κ1) is 15.8. The second-order valence-corrected chi connectivity index (χ2v) is 5.24. The Hall–Kier alpha value is -1.56. The molecule has 2 rings (SSSR count). The maximum atomic E-state index is 13.2. The molecule has 1 unspecified atom stereocenters. The lowest BCUT2D eigenvalue weighted by molar-refractivity contribution is 0.0740. The lowest BCUT2D eigenvalue weighted by Gasteiger charge is -2.30. The summed E-state index contributed by atoms with van der Waals surface area (Å²) in [4.78, 5) is 13.8. The Morgan fingerprint density at radius 3 is 2.48 bits per heavy atom. The maximum absolute atomic E-state index is 13.2. The Labute approximate surface area is 122 Å². The molecule has 1 aliphatic heterocycles. The van der Waals surface area contributed by atoms with Crippen LogP contribution >= 0.6 is 0 Å². The highest BCUT2D eigenvalue weighted by atomic mass is 19.2. The monoisotopic (exact) mass is 300 g/mol. The Bertz CT molecular complexity index is 493. The lowest BCUT2D eigenvalue weighted by atomic mass is 10.0. The fraction of sp³-hybridized carbons (Fsp3) is 0.533. The van der Waals surface area contributed by atoms with Crippen molar-refractivity contribution in [1.82, 2.24) is 10.2 Å². The Kier molecular flexibility index (Phi) is 5.22. The van der Waals surface area contributed by atoms with Crippen LogP contribution < -0.4 is 5.32 Å². The third-order valence-corrected chi connectivity index (χ3v) is 3.75.